The first-order chi connectivity index (χ1) is 14.4. The summed E-state index contributed by atoms with van der Waals surface area (Å²) in [5.41, 5.74) is 4.00. The fourth-order valence-electron chi connectivity index (χ4n) is 3.15. The van der Waals surface area contributed by atoms with E-state index >= 15 is 0 Å². The Hall–Kier alpha value is -2.61. The number of rotatable bonds is 5. The van der Waals surface area contributed by atoms with Crippen LogP contribution in [0.25, 0.3) is 15.9 Å². The summed E-state index contributed by atoms with van der Waals surface area (Å²) in [6.07, 6.45) is 0. The molecule has 0 aliphatic heterocycles. The number of thioether (sulfide) groups is 1. The number of hydrogen-bond donors (Lipinski definition) is 1. The fourth-order valence-corrected chi connectivity index (χ4v) is 4.91. The molecule has 0 saturated carbocycles. The minimum atomic E-state index is -0.200. The van der Waals surface area contributed by atoms with Gasteiger partial charge in [0.1, 0.15) is 4.70 Å². The van der Waals surface area contributed by atoms with Crippen LogP contribution in [0.15, 0.2) is 63.9 Å². The number of nitrogens with one attached hydrogen (secondary N) is 1. The quantitative estimate of drug-likeness (QED) is 0.321. The summed E-state index contributed by atoms with van der Waals surface area (Å²) in [6, 6.07) is 14.7. The number of thiophene rings is 1. The van der Waals surface area contributed by atoms with Crippen molar-refractivity contribution in [2.75, 3.05) is 11.1 Å². The van der Waals surface area contributed by atoms with Crippen molar-refractivity contribution in [3.8, 4) is 5.69 Å². The lowest BCUT2D eigenvalue weighted by atomic mass is 10.1. The molecule has 0 radical (unpaired) electrons. The van der Waals surface area contributed by atoms with Crippen LogP contribution in [0.1, 0.15) is 11.1 Å². The van der Waals surface area contributed by atoms with Crippen molar-refractivity contribution >= 4 is 56.5 Å². The molecule has 4 rings (SSSR count). The number of carbonyl (C=O) groups excluding carboxylic acids is 1. The van der Waals surface area contributed by atoms with Crippen molar-refractivity contribution in [1.82, 2.24) is 9.55 Å². The van der Waals surface area contributed by atoms with E-state index in [0.29, 0.717) is 26.1 Å². The minimum absolute atomic E-state index is 0.111. The van der Waals surface area contributed by atoms with Crippen LogP contribution in [0.5, 0.6) is 0 Å². The van der Waals surface area contributed by atoms with Crippen LogP contribution in [0.4, 0.5) is 5.69 Å². The first kappa shape index (κ1) is 20.7. The molecule has 152 valence electrons. The summed E-state index contributed by atoms with van der Waals surface area (Å²) in [5, 5.41) is 5.71. The number of aromatic nitrogens is 2. The topological polar surface area (TPSA) is 64.0 Å². The lowest BCUT2D eigenvalue weighted by molar-refractivity contribution is -0.113. The molecular weight excluding hydrogens is 438 g/mol. The summed E-state index contributed by atoms with van der Waals surface area (Å²) in [4.78, 5) is 30.4. The minimum Gasteiger partial charge on any atom is -0.325 e. The molecular formula is C22H18ClN3O2S2. The standard InChI is InChI=1S/C22H18ClN3O2S2/c1-13-6-7-18(14(2)10-13)26-21(28)20-17(8-9-29-20)25-22(26)30-12-19(27)24-16-5-3-4-15(23)11-16/h3-11H,12H2,1-2H3,(H,24,27). The predicted molar refractivity (Wildman–Crippen MR) is 125 cm³/mol. The van der Waals surface area contributed by atoms with Crippen LogP contribution < -0.4 is 10.9 Å². The molecule has 5 nitrogen and oxygen atoms in total. The zero-order valence-electron chi connectivity index (χ0n) is 16.3. The van der Waals surface area contributed by atoms with Gasteiger partial charge in [-0.25, -0.2) is 4.98 Å². The van der Waals surface area contributed by atoms with Crippen LogP contribution in [0.2, 0.25) is 5.02 Å². The van der Waals surface area contributed by atoms with Crippen LogP contribution >= 0.6 is 34.7 Å². The van der Waals surface area contributed by atoms with Crippen LogP contribution in [-0.4, -0.2) is 21.2 Å². The van der Waals surface area contributed by atoms with Gasteiger partial charge in [-0.05, 0) is 55.1 Å². The van der Waals surface area contributed by atoms with E-state index in [1.807, 2.05) is 43.5 Å². The average Bonchev–Trinajstić information content (AvgIpc) is 3.16. The number of carbonyl (C=O) groups is 1. The molecule has 1 N–H and O–H groups in total. The van der Waals surface area contributed by atoms with Gasteiger partial charge in [-0.2, -0.15) is 0 Å². The lowest BCUT2D eigenvalue weighted by Crippen LogP contribution is -2.23. The number of halogens is 1. The van der Waals surface area contributed by atoms with Gasteiger partial charge < -0.3 is 5.32 Å². The Labute approximate surface area is 186 Å². The molecule has 1 amide bonds. The highest BCUT2D eigenvalue weighted by Crippen LogP contribution is 2.26. The maximum Gasteiger partial charge on any atom is 0.276 e. The number of aryl methyl sites for hydroxylation is 2. The van der Waals surface area contributed by atoms with Gasteiger partial charge in [-0.1, -0.05) is 47.1 Å². The van der Waals surface area contributed by atoms with Gasteiger partial charge in [-0.15, -0.1) is 11.3 Å². The van der Waals surface area contributed by atoms with Crippen molar-refractivity contribution in [3.63, 3.8) is 0 Å². The third kappa shape index (κ3) is 4.28. The maximum absolute atomic E-state index is 13.2. The van der Waals surface area contributed by atoms with Gasteiger partial charge in [0.25, 0.3) is 5.56 Å². The first-order valence-electron chi connectivity index (χ1n) is 9.18. The zero-order chi connectivity index (χ0) is 21.3. The second-order valence-electron chi connectivity index (χ2n) is 6.81. The van der Waals surface area contributed by atoms with Crippen molar-refractivity contribution in [3.05, 3.63) is 80.4 Å². The molecule has 8 heteroatoms. The van der Waals surface area contributed by atoms with E-state index in [4.69, 9.17) is 11.6 Å². The number of anilines is 1. The molecule has 2 heterocycles. The van der Waals surface area contributed by atoms with Gasteiger partial charge in [0.2, 0.25) is 5.91 Å². The third-order valence-corrected chi connectivity index (χ3v) is 6.55. The Balaban J connectivity index is 1.67. The number of amides is 1. The third-order valence-electron chi connectivity index (χ3n) is 4.48. The Kier molecular flexibility index (Phi) is 5.94. The second-order valence-corrected chi connectivity index (χ2v) is 9.10. The number of hydrogen-bond acceptors (Lipinski definition) is 5. The fraction of sp³-hybridized carbons (Fsp3) is 0.136. The molecule has 0 aliphatic rings. The van der Waals surface area contributed by atoms with Crippen molar-refractivity contribution in [1.29, 1.82) is 0 Å². The molecule has 0 saturated heterocycles. The highest BCUT2D eigenvalue weighted by Gasteiger charge is 2.17. The molecule has 0 atom stereocenters. The summed E-state index contributed by atoms with van der Waals surface area (Å²) < 4.78 is 2.20. The zero-order valence-corrected chi connectivity index (χ0v) is 18.7. The highest BCUT2D eigenvalue weighted by atomic mass is 35.5. The van der Waals surface area contributed by atoms with E-state index in [1.54, 1.807) is 28.8 Å². The largest absolute Gasteiger partial charge is 0.325 e. The molecule has 4 aromatic rings. The van der Waals surface area contributed by atoms with Gasteiger partial charge in [0.05, 0.1) is 17.0 Å². The summed E-state index contributed by atoms with van der Waals surface area (Å²) >= 11 is 8.58. The Morgan fingerprint density at radius 2 is 2.03 bits per heavy atom. The highest BCUT2D eigenvalue weighted by molar-refractivity contribution is 7.99. The van der Waals surface area contributed by atoms with Gasteiger partial charge >= 0.3 is 0 Å². The van der Waals surface area contributed by atoms with E-state index in [9.17, 15) is 9.59 Å². The molecule has 30 heavy (non-hydrogen) atoms. The number of fused-ring (bicyclic) bond motifs is 1. The van der Waals surface area contributed by atoms with E-state index in [0.717, 1.165) is 16.8 Å². The number of benzene rings is 2. The molecule has 2 aromatic heterocycles. The Bertz CT molecular complexity index is 1310. The second kappa shape index (κ2) is 8.63. The van der Waals surface area contributed by atoms with E-state index in [-0.39, 0.29) is 17.2 Å². The van der Waals surface area contributed by atoms with Crippen molar-refractivity contribution in [2.45, 2.75) is 19.0 Å². The van der Waals surface area contributed by atoms with E-state index in [1.165, 1.54) is 23.1 Å². The monoisotopic (exact) mass is 455 g/mol. The smallest absolute Gasteiger partial charge is 0.276 e. The molecule has 0 unspecified atom stereocenters. The van der Waals surface area contributed by atoms with Gasteiger partial charge in [0.15, 0.2) is 5.16 Å². The summed E-state index contributed by atoms with van der Waals surface area (Å²) in [7, 11) is 0. The van der Waals surface area contributed by atoms with E-state index < -0.39 is 0 Å². The van der Waals surface area contributed by atoms with Gasteiger partial charge in [0, 0.05) is 10.7 Å². The summed E-state index contributed by atoms with van der Waals surface area (Å²) in [5.74, 6) is -0.0893. The number of nitrogens with zero attached hydrogens (tertiary/aromatic N) is 2. The Morgan fingerprint density at radius 3 is 2.80 bits per heavy atom. The maximum atomic E-state index is 13.2. The molecule has 0 fully saturated rings. The normalized spacial score (nSPS) is 11.0. The lowest BCUT2D eigenvalue weighted by Gasteiger charge is -2.14. The van der Waals surface area contributed by atoms with Crippen LogP contribution in [0, 0.1) is 13.8 Å². The predicted octanol–water partition coefficient (Wildman–Crippen LogP) is 5.45. The van der Waals surface area contributed by atoms with Crippen LogP contribution in [0.3, 0.4) is 0 Å². The molecule has 0 bridgehead atoms. The molecule has 0 spiro atoms. The van der Waals surface area contributed by atoms with Crippen molar-refractivity contribution < 1.29 is 4.79 Å². The first-order valence-corrected chi connectivity index (χ1v) is 11.4. The molecule has 0 aliphatic carbocycles. The van der Waals surface area contributed by atoms with Gasteiger partial charge in [-0.3, -0.25) is 14.2 Å². The van der Waals surface area contributed by atoms with Crippen molar-refractivity contribution in [2.24, 2.45) is 0 Å². The Morgan fingerprint density at radius 1 is 1.20 bits per heavy atom. The van der Waals surface area contributed by atoms with E-state index in [2.05, 4.69) is 10.3 Å². The average molecular weight is 456 g/mol. The molecule has 2 aromatic carbocycles. The van der Waals surface area contributed by atoms with Crippen LogP contribution in [-0.2, 0) is 4.79 Å². The summed E-state index contributed by atoms with van der Waals surface area (Å²) in [6.45, 7) is 3.98. The SMILES string of the molecule is Cc1ccc(-n2c(SCC(=O)Nc3cccc(Cl)c3)nc3ccsc3c2=O)c(C)c1.